The SMILES string of the molecule is NC(=O)c1ccc(Oc2cccc3c2NCCC3)c(Cl)c1. The molecule has 5 heteroatoms. The van der Waals surface area contributed by atoms with Gasteiger partial charge in [0, 0.05) is 12.1 Å². The van der Waals surface area contributed by atoms with Gasteiger partial charge in [0.25, 0.3) is 0 Å². The van der Waals surface area contributed by atoms with Gasteiger partial charge in [-0.15, -0.1) is 0 Å². The van der Waals surface area contributed by atoms with Crippen molar-refractivity contribution in [1.29, 1.82) is 0 Å². The summed E-state index contributed by atoms with van der Waals surface area (Å²) < 4.78 is 5.90. The largest absolute Gasteiger partial charge is 0.454 e. The number of amides is 1. The highest BCUT2D eigenvalue weighted by atomic mass is 35.5. The lowest BCUT2D eigenvalue weighted by Gasteiger charge is -2.21. The number of carbonyl (C=O) groups excluding carboxylic acids is 1. The molecule has 0 fully saturated rings. The van der Waals surface area contributed by atoms with E-state index in [2.05, 4.69) is 11.4 Å². The molecular formula is C16H15ClN2O2. The van der Waals surface area contributed by atoms with Gasteiger partial charge in [0.15, 0.2) is 5.75 Å². The van der Waals surface area contributed by atoms with Crippen LogP contribution in [0.2, 0.25) is 5.02 Å². The predicted molar refractivity (Wildman–Crippen MR) is 83.3 cm³/mol. The van der Waals surface area contributed by atoms with Crippen LogP contribution in [0.25, 0.3) is 0 Å². The van der Waals surface area contributed by atoms with E-state index in [1.807, 2.05) is 12.1 Å². The predicted octanol–water partition coefficient (Wildman–Crippen LogP) is 3.59. The highest BCUT2D eigenvalue weighted by Gasteiger charge is 2.15. The first-order valence-electron chi connectivity index (χ1n) is 6.78. The van der Waals surface area contributed by atoms with Crippen LogP contribution in [0, 0.1) is 0 Å². The molecule has 1 aliphatic rings. The number of fused-ring (bicyclic) bond motifs is 1. The van der Waals surface area contributed by atoms with E-state index in [1.165, 1.54) is 11.6 Å². The van der Waals surface area contributed by atoms with Crippen LogP contribution in [-0.2, 0) is 6.42 Å². The van der Waals surface area contributed by atoms with Crippen molar-refractivity contribution in [2.75, 3.05) is 11.9 Å². The quantitative estimate of drug-likeness (QED) is 0.910. The average molecular weight is 303 g/mol. The van der Waals surface area contributed by atoms with Gasteiger partial charge in [-0.2, -0.15) is 0 Å². The Bertz CT molecular complexity index is 701. The Labute approximate surface area is 127 Å². The molecule has 1 aliphatic heterocycles. The summed E-state index contributed by atoms with van der Waals surface area (Å²) in [6, 6.07) is 10.7. The lowest BCUT2D eigenvalue weighted by Crippen LogP contribution is -2.12. The van der Waals surface area contributed by atoms with E-state index < -0.39 is 5.91 Å². The van der Waals surface area contributed by atoms with Crippen LogP contribution in [0.1, 0.15) is 22.3 Å². The van der Waals surface area contributed by atoms with Crippen LogP contribution in [0.15, 0.2) is 36.4 Å². The van der Waals surface area contributed by atoms with E-state index in [0.717, 1.165) is 30.8 Å². The summed E-state index contributed by atoms with van der Waals surface area (Å²) in [7, 11) is 0. The molecule has 21 heavy (non-hydrogen) atoms. The molecule has 2 aromatic rings. The second-order valence-electron chi connectivity index (χ2n) is 4.93. The van der Waals surface area contributed by atoms with Crippen LogP contribution in [0.3, 0.4) is 0 Å². The number of anilines is 1. The molecule has 0 aliphatic carbocycles. The summed E-state index contributed by atoms with van der Waals surface area (Å²) >= 11 is 6.15. The number of rotatable bonds is 3. The van der Waals surface area contributed by atoms with Crippen molar-refractivity contribution in [3.63, 3.8) is 0 Å². The van der Waals surface area contributed by atoms with E-state index in [1.54, 1.807) is 12.1 Å². The Kier molecular flexibility index (Phi) is 3.71. The van der Waals surface area contributed by atoms with E-state index >= 15 is 0 Å². The second kappa shape index (κ2) is 5.66. The maximum absolute atomic E-state index is 11.1. The Hall–Kier alpha value is -2.20. The minimum absolute atomic E-state index is 0.361. The second-order valence-corrected chi connectivity index (χ2v) is 5.34. The molecule has 108 valence electrons. The van der Waals surface area contributed by atoms with Crippen molar-refractivity contribution in [1.82, 2.24) is 0 Å². The van der Waals surface area contributed by atoms with Crippen LogP contribution in [0.4, 0.5) is 5.69 Å². The number of ether oxygens (including phenoxy) is 1. The zero-order chi connectivity index (χ0) is 14.8. The fourth-order valence-corrected chi connectivity index (χ4v) is 2.64. The zero-order valence-electron chi connectivity index (χ0n) is 11.4. The van der Waals surface area contributed by atoms with Crippen LogP contribution in [-0.4, -0.2) is 12.5 Å². The molecule has 2 aromatic carbocycles. The Morgan fingerprint density at radius 1 is 1.24 bits per heavy atom. The molecule has 0 unspecified atom stereocenters. The molecule has 0 saturated carbocycles. The normalized spacial score (nSPS) is 13.2. The molecule has 0 aromatic heterocycles. The van der Waals surface area contributed by atoms with Gasteiger partial charge >= 0.3 is 0 Å². The lowest BCUT2D eigenvalue weighted by molar-refractivity contribution is 0.100. The Morgan fingerprint density at radius 3 is 2.86 bits per heavy atom. The summed E-state index contributed by atoms with van der Waals surface area (Å²) in [5.74, 6) is 0.727. The fraction of sp³-hybridized carbons (Fsp3) is 0.188. The highest BCUT2D eigenvalue weighted by molar-refractivity contribution is 6.32. The average Bonchev–Trinajstić information content (AvgIpc) is 2.49. The van der Waals surface area contributed by atoms with Crippen LogP contribution < -0.4 is 15.8 Å². The van der Waals surface area contributed by atoms with Gasteiger partial charge in [0.2, 0.25) is 5.91 Å². The molecule has 4 nitrogen and oxygen atoms in total. The third-order valence-electron chi connectivity index (χ3n) is 3.47. The number of carbonyl (C=O) groups is 1. The Balaban J connectivity index is 1.92. The van der Waals surface area contributed by atoms with Crippen molar-refractivity contribution < 1.29 is 9.53 Å². The highest BCUT2D eigenvalue weighted by Crippen LogP contribution is 2.37. The monoisotopic (exact) mass is 302 g/mol. The van der Waals surface area contributed by atoms with Gasteiger partial charge in [0.05, 0.1) is 10.7 Å². The number of benzene rings is 2. The zero-order valence-corrected chi connectivity index (χ0v) is 12.1. The molecule has 1 heterocycles. The lowest BCUT2D eigenvalue weighted by atomic mass is 10.0. The standard InChI is InChI=1S/C16H15ClN2O2/c17-12-9-11(16(18)20)6-7-13(12)21-14-5-1-3-10-4-2-8-19-15(10)14/h1,3,5-7,9,19H,2,4,8H2,(H2,18,20). The molecular weight excluding hydrogens is 288 g/mol. The van der Waals surface area contributed by atoms with Gasteiger partial charge < -0.3 is 15.8 Å². The van der Waals surface area contributed by atoms with Crippen molar-refractivity contribution in [3.05, 3.63) is 52.5 Å². The van der Waals surface area contributed by atoms with E-state index in [4.69, 9.17) is 22.1 Å². The first-order chi connectivity index (χ1) is 10.1. The van der Waals surface area contributed by atoms with Crippen LogP contribution >= 0.6 is 11.6 Å². The van der Waals surface area contributed by atoms with Crippen molar-refractivity contribution >= 4 is 23.2 Å². The van der Waals surface area contributed by atoms with Crippen LogP contribution in [0.5, 0.6) is 11.5 Å². The van der Waals surface area contributed by atoms with Crippen molar-refractivity contribution in [3.8, 4) is 11.5 Å². The third-order valence-corrected chi connectivity index (χ3v) is 3.77. The van der Waals surface area contributed by atoms with E-state index in [9.17, 15) is 4.79 Å². The molecule has 0 spiro atoms. The summed E-state index contributed by atoms with van der Waals surface area (Å²) in [5.41, 5.74) is 7.84. The summed E-state index contributed by atoms with van der Waals surface area (Å²) in [4.78, 5) is 11.1. The van der Waals surface area contributed by atoms with Gasteiger partial charge in [-0.3, -0.25) is 4.79 Å². The van der Waals surface area contributed by atoms with Crippen molar-refractivity contribution in [2.45, 2.75) is 12.8 Å². The molecule has 3 rings (SSSR count). The number of primary amides is 1. The number of hydrogen-bond acceptors (Lipinski definition) is 3. The number of halogens is 1. The maximum atomic E-state index is 11.1. The maximum Gasteiger partial charge on any atom is 0.248 e. The smallest absolute Gasteiger partial charge is 0.248 e. The number of aryl methyl sites for hydroxylation is 1. The summed E-state index contributed by atoms with van der Waals surface area (Å²) in [6.07, 6.45) is 2.15. The van der Waals surface area contributed by atoms with Gasteiger partial charge in [-0.05, 0) is 42.7 Å². The summed E-state index contributed by atoms with van der Waals surface area (Å²) in [6.45, 7) is 0.932. The molecule has 0 saturated heterocycles. The van der Waals surface area contributed by atoms with Gasteiger partial charge in [0.1, 0.15) is 5.75 Å². The first kappa shape index (κ1) is 13.8. The minimum Gasteiger partial charge on any atom is -0.454 e. The Morgan fingerprint density at radius 2 is 2.10 bits per heavy atom. The molecule has 1 amide bonds. The number of hydrogen-bond donors (Lipinski definition) is 2. The van der Waals surface area contributed by atoms with Gasteiger partial charge in [-0.1, -0.05) is 23.7 Å². The number of para-hydroxylation sites is 1. The topological polar surface area (TPSA) is 64.4 Å². The van der Waals surface area contributed by atoms with Gasteiger partial charge in [-0.25, -0.2) is 0 Å². The van der Waals surface area contributed by atoms with Crippen molar-refractivity contribution in [2.24, 2.45) is 5.73 Å². The number of nitrogens with two attached hydrogens (primary N) is 1. The molecule has 0 bridgehead atoms. The summed E-state index contributed by atoms with van der Waals surface area (Å²) in [5, 5.41) is 3.72. The minimum atomic E-state index is -0.512. The van der Waals surface area contributed by atoms with E-state index in [-0.39, 0.29) is 0 Å². The molecule has 3 N–H and O–H groups in total. The first-order valence-corrected chi connectivity index (χ1v) is 7.16. The third kappa shape index (κ3) is 2.81. The molecule has 0 atom stereocenters. The van der Waals surface area contributed by atoms with E-state index in [0.29, 0.717) is 16.3 Å². The fourth-order valence-electron chi connectivity index (χ4n) is 2.42. The molecule has 0 radical (unpaired) electrons. The number of nitrogens with one attached hydrogen (secondary N) is 1.